The van der Waals surface area contributed by atoms with Gasteiger partial charge in [0.25, 0.3) is 0 Å². The second-order valence-corrected chi connectivity index (χ2v) is 7.86. The Kier molecular flexibility index (Phi) is 5.21. The van der Waals surface area contributed by atoms with Crippen molar-refractivity contribution in [3.8, 4) is 11.3 Å². The van der Waals surface area contributed by atoms with Crippen LogP contribution in [-0.4, -0.2) is 43.6 Å². The van der Waals surface area contributed by atoms with Crippen LogP contribution in [0, 0.1) is 12.7 Å². The molecule has 0 unspecified atom stereocenters. The highest BCUT2D eigenvalue weighted by molar-refractivity contribution is 5.88. The van der Waals surface area contributed by atoms with Gasteiger partial charge >= 0.3 is 0 Å². The van der Waals surface area contributed by atoms with E-state index in [-0.39, 0.29) is 5.91 Å². The smallest absolute Gasteiger partial charge is 0.242 e. The molecule has 0 bridgehead atoms. The summed E-state index contributed by atoms with van der Waals surface area (Å²) >= 11 is 0. The fraction of sp³-hybridized carbons (Fsp3) is 0.167. The third kappa shape index (κ3) is 3.89. The second kappa shape index (κ2) is 8.34. The van der Waals surface area contributed by atoms with Gasteiger partial charge in [-0.1, -0.05) is 18.2 Å². The van der Waals surface area contributed by atoms with Gasteiger partial charge in [0.2, 0.25) is 5.91 Å². The van der Waals surface area contributed by atoms with Gasteiger partial charge in [0, 0.05) is 54.0 Å². The van der Waals surface area contributed by atoms with Crippen molar-refractivity contribution in [1.82, 2.24) is 29.9 Å². The predicted octanol–water partition coefficient (Wildman–Crippen LogP) is 3.49. The number of nitrogens with one attached hydrogen (secondary N) is 3. The third-order valence-electron chi connectivity index (χ3n) is 5.63. The molecule has 4 heterocycles. The normalized spacial score (nSPS) is 12.2. The molecule has 0 aliphatic heterocycles. The number of hydrogen-bond donors (Lipinski definition) is 3. The molecule has 0 aliphatic rings. The third-order valence-corrected chi connectivity index (χ3v) is 5.63. The molecule has 0 radical (unpaired) electrons. The van der Waals surface area contributed by atoms with E-state index >= 15 is 0 Å². The number of aromatic nitrogens is 5. The molecule has 3 N–H and O–H groups in total. The van der Waals surface area contributed by atoms with Gasteiger partial charge in [0.15, 0.2) is 5.65 Å². The number of hydrogen-bond acceptors (Lipinski definition) is 5. The van der Waals surface area contributed by atoms with Crippen molar-refractivity contribution in [3.63, 3.8) is 0 Å². The van der Waals surface area contributed by atoms with E-state index in [4.69, 9.17) is 0 Å². The summed E-state index contributed by atoms with van der Waals surface area (Å²) in [7, 11) is 1.61. The van der Waals surface area contributed by atoms with Crippen molar-refractivity contribution in [3.05, 3.63) is 78.1 Å². The second-order valence-electron chi connectivity index (χ2n) is 7.86. The maximum atomic E-state index is 13.8. The lowest BCUT2D eigenvalue weighted by Gasteiger charge is -2.19. The first-order chi connectivity index (χ1) is 16.0. The van der Waals surface area contributed by atoms with Crippen molar-refractivity contribution in [2.45, 2.75) is 19.4 Å². The molecule has 5 aromatic rings. The monoisotopic (exact) mass is 443 g/mol. The number of pyridine rings is 1. The number of anilines is 1. The van der Waals surface area contributed by atoms with Crippen LogP contribution in [-0.2, 0) is 11.2 Å². The molecular formula is C24H22FN7O. The molecule has 1 aromatic carbocycles. The Morgan fingerprint density at radius 1 is 1.21 bits per heavy atom. The van der Waals surface area contributed by atoms with Crippen LogP contribution >= 0.6 is 0 Å². The number of carbonyl (C=O) groups is 1. The Morgan fingerprint density at radius 3 is 2.88 bits per heavy atom. The van der Waals surface area contributed by atoms with Gasteiger partial charge < -0.3 is 15.6 Å². The predicted molar refractivity (Wildman–Crippen MR) is 124 cm³/mol. The number of aryl methyl sites for hydroxylation is 1. The van der Waals surface area contributed by atoms with Gasteiger partial charge in [-0.3, -0.25) is 9.78 Å². The highest BCUT2D eigenvalue weighted by Gasteiger charge is 2.22. The van der Waals surface area contributed by atoms with Crippen molar-refractivity contribution < 1.29 is 9.18 Å². The lowest BCUT2D eigenvalue weighted by atomic mass is 10.0. The summed E-state index contributed by atoms with van der Waals surface area (Å²) in [5.74, 6) is -0.0413. The zero-order valence-corrected chi connectivity index (χ0v) is 18.1. The standard InChI is InChI=1S/C24H22FN7O/c1-14-10-29-32-22(9-20(31-23(14)32)16-7-17(25)13-27-11-16)30-21(24(33)26-2)8-15-12-28-19-6-4-3-5-18(15)19/h3-7,9-13,21,28,30H,8H2,1-2H3,(H,26,33)/t21-/m0/s1. The van der Waals surface area contributed by atoms with Crippen LogP contribution in [0.1, 0.15) is 11.1 Å². The van der Waals surface area contributed by atoms with Crippen LogP contribution in [0.3, 0.4) is 0 Å². The zero-order valence-electron chi connectivity index (χ0n) is 18.1. The summed E-state index contributed by atoms with van der Waals surface area (Å²) in [6, 6.07) is 10.5. The molecule has 4 aromatic heterocycles. The number of likely N-dealkylation sites (N-methyl/N-ethyl adjacent to an activating group) is 1. The number of rotatable bonds is 6. The first-order valence-corrected chi connectivity index (χ1v) is 10.5. The molecule has 0 aliphatic carbocycles. The van der Waals surface area contributed by atoms with Gasteiger partial charge in [-0.05, 0) is 24.6 Å². The lowest BCUT2D eigenvalue weighted by molar-refractivity contribution is -0.121. The van der Waals surface area contributed by atoms with Gasteiger partial charge in [0.05, 0.1) is 18.1 Å². The average molecular weight is 443 g/mol. The molecule has 8 nitrogen and oxygen atoms in total. The zero-order chi connectivity index (χ0) is 22.9. The summed E-state index contributed by atoms with van der Waals surface area (Å²) < 4.78 is 15.5. The molecule has 33 heavy (non-hydrogen) atoms. The van der Waals surface area contributed by atoms with E-state index in [1.54, 1.807) is 30.0 Å². The summed E-state index contributed by atoms with van der Waals surface area (Å²) in [5.41, 5.74) is 4.57. The van der Waals surface area contributed by atoms with Gasteiger partial charge in [-0.25, -0.2) is 9.37 Å². The molecule has 166 valence electrons. The number of carbonyl (C=O) groups excluding carboxylic acids is 1. The maximum absolute atomic E-state index is 13.8. The Bertz CT molecular complexity index is 1470. The molecule has 0 saturated carbocycles. The highest BCUT2D eigenvalue weighted by Crippen LogP contribution is 2.25. The van der Waals surface area contributed by atoms with E-state index in [1.165, 1.54) is 6.07 Å². The van der Waals surface area contributed by atoms with E-state index < -0.39 is 11.9 Å². The fourth-order valence-electron chi connectivity index (χ4n) is 3.96. The van der Waals surface area contributed by atoms with Crippen molar-refractivity contribution in [2.24, 2.45) is 0 Å². The highest BCUT2D eigenvalue weighted by atomic mass is 19.1. The van der Waals surface area contributed by atoms with E-state index in [9.17, 15) is 9.18 Å². The quantitative estimate of drug-likeness (QED) is 0.373. The minimum Gasteiger partial charge on any atom is -0.361 e. The van der Waals surface area contributed by atoms with Crippen molar-refractivity contribution >= 4 is 28.3 Å². The number of aromatic amines is 1. The van der Waals surface area contributed by atoms with Gasteiger partial charge in [-0.15, -0.1) is 0 Å². The molecule has 1 atom stereocenters. The summed E-state index contributed by atoms with van der Waals surface area (Å²) in [6.07, 6.45) is 6.78. The van der Waals surface area contributed by atoms with Crippen LogP contribution in [0.2, 0.25) is 0 Å². The van der Waals surface area contributed by atoms with Crippen molar-refractivity contribution in [2.75, 3.05) is 12.4 Å². The topological polar surface area (TPSA) is 100 Å². The number of amides is 1. The molecule has 0 saturated heterocycles. The van der Waals surface area contributed by atoms with Crippen LogP contribution in [0.15, 0.2) is 61.2 Å². The maximum Gasteiger partial charge on any atom is 0.242 e. The van der Waals surface area contributed by atoms with Crippen LogP contribution in [0.25, 0.3) is 27.8 Å². The average Bonchev–Trinajstić information content (AvgIpc) is 3.42. The number of para-hydroxylation sites is 1. The SMILES string of the molecule is CNC(=O)[C@H](Cc1c[nH]c2ccccc12)Nc1cc(-c2cncc(F)c2)nc2c(C)cnn12. The van der Waals surface area contributed by atoms with Gasteiger partial charge in [0.1, 0.15) is 17.7 Å². The number of halogens is 1. The number of fused-ring (bicyclic) bond motifs is 2. The summed E-state index contributed by atoms with van der Waals surface area (Å²) in [5, 5.41) is 11.6. The van der Waals surface area contributed by atoms with Crippen molar-refractivity contribution in [1.29, 1.82) is 0 Å². The largest absolute Gasteiger partial charge is 0.361 e. The molecule has 0 spiro atoms. The molecule has 5 rings (SSSR count). The van der Waals surface area contributed by atoms with E-state index in [0.29, 0.717) is 29.1 Å². The first kappa shape index (κ1) is 20.6. The molecule has 1 amide bonds. The molecule has 9 heteroatoms. The molecule has 0 fully saturated rings. The van der Waals surface area contributed by atoms with Crippen LogP contribution in [0.5, 0.6) is 0 Å². The number of H-pyrrole nitrogens is 1. The Balaban J connectivity index is 1.57. The first-order valence-electron chi connectivity index (χ1n) is 10.5. The van der Waals surface area contributed by atoms with E-state index in [0.717, 1.165) is 28.2 Å². The Hall–Kier alpha value is -4.27. The summed E-state index contributed by atoms with van der Waals surface area (Å²) in [6.45, 7) is 1.90. The van der Waals surface area contributed by atoms with Gasteiger partial charge in [-0.2, -0.15) is 9.61 Å². The van der Waals surface area contributed by atoms with Crippen LogP contribution in [0.4, 0.5) is 10.2 Å². The molecular weight excluding hydrogens is 421 g/mol. The summed E-state index contributed by atoms with van der Waals surface area (Å²) in [4.78, 5) is 24.7. The number of benzene rings is 1. The fourth-order valence-corrected chi connectivity index (χ4v) is 3.96. The lowest BCUT2D eigenvalue weighted by Crippen LogP contribution is -2.39. The minimum absolute atomic E-state index is 0.164. The van der Waals surface area contributed by atoms with E-state index in [1.807, 2.05) is 37.4 Å². The minimum atomic E-state index is -0.581. The Morgan fingerprint density at radius 2 is 2.06 bits per heavy atom. The number of nitrogens with zero attached hydrogens (tertiary/aromatic N) is 4. The van der Waals surface area contributed by atoms with Crippen LogP contribution < -0.4 is 10.6 Å². The van der Waals surface area contributed by atoms with E-state index in [2.05, 4.69) is 30.7 Å². The Labute approximate surface area is 188 Å².